The van der Waals surface area contributed by atoms with Gasteiger partial charge in [-0.2, -0.15) is 0 Å². The van der Waals surface area contributed by atoms with E-state index in [2.05, 4.69) is 21.9 Å². The molecule has 5 nitrogen and oxygen atoms in total. The summed E-state index contributed by atoms with van der Waals surface area (Å²) in [6, 6.07) is 9.41. The quantitative estimate of drug-likeness (QED) is 0.899. The van der Waals surface area contributed by atoms with Crippen LogP contribution in [-0.4, -0.2) is 32.5 Å². The van der Waals surface area contributed by atoms with E-state index in [4.69, 9.17) is 0 Å². The number of para-hydroxylation sites is 1. The lowest BCUT2D eigenvalue weighted by Crippen LogP contribution is -2.50. The second-order valence-electron chi connectivity index (χ2n) is 5.95. The third-order valence-corrected chi connectivity index (χ3v) is 5.57. The Bertz CT molecular complexity index is 756. The fraction of sp³-hybridized carbons (Fsp3) is 0.438. The molecule has 0 spiro atoms. The Hall–Kier alpha value is -1.50. The van der Waals surface area contributed by atoms with E-state index in [1.165, 1.54) is 0 Å². The molecule has 22 heavy (non-hydrogen) atoms. The lowest BCUT2D eigenvalue weighted by Gasteiger charge is -2.30. The van der Waals surface area contributed by atoms with E-state index in [0.29, 0.717) is 12.5 Å². The van der Waals surface area contributed by atoms with E-state index in [0.717, 1.165) is 29.4 Å². The van der Waals surface area contributed by atoms with Gasteiger partial charge in [0, 0.05) is 24.2 Å². The highest BCUT2D eigenvalue weighted by Crippen LogP contribution is 2.19. The van der Waals surface area contributed by atoms with E-state index in [1.807, 2.05) is 30.3 Å². The molecule has 2 unspecified atom stereocenters. The minimum Gasteiger partial charge on any atom is -0.315 e. The zero-order valence-corrected chi connectivity index (χ0v) is 13.4. The van der Waals surface area contributed by atoms with E-state index in [1.54, 1.807) is 6.20 Å². The van der Waals surface area contributed by atoms with Gasteiger partial charge in [-0.25, -0.2) is 13.1 Å². The molecule has 1 aromatic carbocycles. The second kappa shape index (κ2) is 6.32. The Morgan fingerprint density at radius 1 is 1.32 bits per heavy atom. The second-order valence-corrected chi connectivity index (χ2v) is 7.70. The number of pyridine rings is 1. The van der Waals surface area contributed by atoms with Gasteiger partial charge in [-0.1, -0.05) is 31.2 Å². The number of hydrogen-bond acceptors (Lipinski definition) is 4. The van der Waals surface area contributed by atoms with Gasteiger partial charge >= 0.3 is 0 Å². The topological polar surface area (TPSA) is 71.1 Å². The van der Waals surface area contributed by atoms with Crippen LogP contribution in [0.5, 0.6) is 0 Å². The smallest absolute Gasteiger partial charge is 0.216 e. The number of nitrogens with zero attached hydrogens (tertiary/aromatic N) is 1. The number of nitrogens with one attached hydrogen (secondary N) is 2. The van der Waals surface area contributed by atoms with Crippen LogP contribution in [0.1, 0.15) is 18.9 Å². The van der Waals surface area contributed by atoms with Crippen molar-refractivity contribution in [2.75, 3.05) is 13.1 Å². The molecule has 0 radical (unpaired) electrons. The van der Waals surface area contributed by atoms with Crippen LogP contribution in [0.25, 0.3) is 10.9 Å². The number of aromatic nitrogens is 1. The van der Waals surface area contributed by atoms with E-state index < -0.39 is 10.0 Å². The van der Waals surface area contributed by atoms with Crippen molar-refractivity contribution < 1.29 is 8.42 Å². The molecular weight excluding hydrogens is 298 g/mol. The Balaban J connectivity index is 1.81. The van der Waals surface area contributed by atoms with Gasteiger partial charge < -0.3 is 5.32 Å². The molecule has 1 saturated heterocycles. The highest BCUT2D eigenvalue weighted by Gasteiger charge is 2.26. The van der Waals surface area contributed by atoms with Crippen LogP contribution in [-0.2, 0) is 15.8 Å². The maximum Gasteiger partial charge on any atom is 0.216 e. The van der Waals surface area contributed by atoms with E-state index >= 15 is 0 Å². The molecule has 2 aromatic rings. The Labute approximate surface area is 131 Å². The summed E-state index contributed by atoms with van der Waals surface area (Å²) in [6.07, 6.45) is 2.68. The molecule has 1 aliphatic rings. The van der Waals surface area contributed by atoms with Crippen LogP contribution in [0.3, 0.4) is 0 Å². The predicted molar refractivity (Wildman–Crippen MR) is 87.9 cm³/mol. The van der Waals surface area contributed by atoms with Crippen molar-refractivity contribution in [2.24, 2.45) is 5.92 Å². The van der Waals surface area contributed by atoms with Crippen LogP contribution < -0.4 is 10.0 Å². The largest absolute Gasteiger partial charge is 0.315 e. The minimum absolute atomic E-state index is 0.0371. The van der Waals surface area contributed by atoms with Crippen LogP contribution in [0, 0.1) is 5.92 Å². The zero-order valence-electron chi connectivity index (χ0n) is 12.6. The van der Waals surface area contributed by atoms with Crippen molar-refractivity contribution in [2.45, 2.75) is 25.1 Å². The SMILES string of the molecule is CC1CCNCC1NS(=O)(=O)Cc1cccc2cccnc12. The number of fused-ring (bicyclic) bond motifs is 1. The third kappa shape index (κ3) is 3.45. The number of hydrogen-bond donors (Lipinski definition) is 2. The van der Waals surface area contributed by atoms with Gasteiger partial charge in [0.15, 0.2) is 0 Å². The molecule has 2 heterocycles. The molecule has 1 fully saturated rings. The lowest BCUT2D eigenvalue weighted by molar-refractivity contribution is 0.327. The van der Waals surface area contributed by atoms with Crippen LogP contribution in [0.15, 0.2) is 36.5 Å². The summed E-state index contributed by atoms with van der Waals surface area (Å²) in [5.41, 5.74) is 1.49. The zero-order chi connectivity index (χ0) is 15.6. The first kappa shape index (κ1) is 15.4. The molecule has 6 heteroatoms. The Kier molecular flexibility index (Phi) is 4.42. The van der Waals surface area contributed by atoms with Crippen molar-refractivity contribution in [1.29, 1.82) is 0 Å². The summed E-state index contributed by atoms with van der Waals surface area (Å²) in [5, 5.41) is 4.20. The standard InChI is InChI=1S/C16H21N3O2S/c1-12-7-9-17-10-15(12)19-22(20,21)11-14-5-2-4-13-6-3-8-18-16(13)14/h2-6,8,12,15,17,19H,7,9-11H2,1H3. The number of rotatable bonds is 4. The summed E-state index contributed by atoms with van der Waals surface area (Å²) in [4.78, 5) is 4.32. The average Bonchev–Trinajstić information content (AvgIpc) is 2.49. The molecule has 1 aromatic heterocycles. The summed E-state index contributed by atoms with van der Waals surface area (Å²) in [5.74, 6) is 0.312. The van der Waals surface area contributed by atoms with Gasteiger partial charge in [-0.05, 0) is 30.5 Å². The van der Waals surface area contributed by atoms with Crippen molar-refractivity contribution in [3.8, 4) is 0 Å². The Morgan fingerprint density at radius 3 is 2.95 bits per heavy atom. The molecule has 0 saturated carbocycles. The van der Waals surface area contributed by atoms with Crippen molar-refractivity contribution >= 4 is 20.9 Å². The number of sulfonamides is 1. The molecule has 2 N–H and O–H groups in total. The summed E-state index contributed by atoms with van der Waals surface area (Å²) in [7, 11) is -3.39. The molecular formula is C16H21N3O2S. The summed E-state index contributed by atoms with van der Waals surface area (Å²) >= 11 is 0. The number of benzene rings is 1. The summed E-state index contributed by atoms with van der Waals surface area (Å²) < 4.78 is 27.8. The number of piperidine rings is 1. The fourth-order valence-electron chi connectivity index (χ4n) is 2.91. The molecule has 118 valence electrons. The van der Waals surface area contributed by atoms with Gasteiger partial charge in [0.25, 0.3) is 0 Å². The van der Waals surface area contributed by atoms with Gasteiger partial charge in [0.2, 0.25) is 10.0 Å². The van der Waals surface area contributed by atoms with Gasteiger partial charge in [0.05, 0.1) is 11.3 Å². The van der Waals surface area contributed by atoms with Gasteiger partial charge in [-0.3, -0.25) is 4.98 Å². The molecule has 0 amide bonds. The normalized spacial score (nSPS) is 22.8. The predicted octanol–water partition coefficient (Wildman–Crippen LogP) is 1.65. The van der Waals surface area contributed by atoms with Crippen LogP contribution in [0.2, 0.25) is 0 Å². The highest BCUT2D eigenvalue weighted by molar-refractivity contribution is 7.88. The maximum absolute atomic E-state index is 12.5. The molecule has 2 atom stereocenters. The van der Waals surface area contributed by atoms with E-state index in [9.17, 15) is 8.42 Å². The maximum atomic E-state index is 12.5. The van der Waals surface area contributed by atoms with Gasteiger partial charge in [-0.15, -0.1) is 0 Å². The van der Waals surface area contributed by atoms with Crippen molar-refractivity contribution in [1.82, 2.24) is 15.0 Å². The first-order valence-electron chi connectivity index (χ1n) is 7.58. The average molecular weight is 319 g/mol. The monoisotopic (exact) mass is 319 g/mol. The van der Waals surface area contributed by atoms with Crippen molar-refractivity contribution in [3.05, 3.63) is 42.1 Å². The summed E-state index contributed by atoms with van der Waals surface area (Å²) in [6.45, 7) is 3.73. The minimum atomic E-state index is -3.39. The lowest BCUT2D eigenvalue weighted by atomic mass is 9.96. The molecule has 1 aliphatic heterocycles. The Morgan fingerprint density at radius 2 is 2.14 bits per heavy atom. The van der Waals surface area contributed by atoms with E-state index in [-0.39, 0.29) is 11.8 Å². The third-order valence-electron chi connectivity index (χ3n) is 4.22. The molecule has 0 bridgehead atoms. The van der Waals surface area contributed by atoms with Crippen LogP contribution in [0.4, 0.5) is 0 Å². The first-order chi connectivity index (χ1) is 10.6. The molecule has 3 rings (SSSR count). The first-order valence-corrected chi connectivity index (χ1v) is 9.24. The van der Waals surface area contributed by atoms with Crippen LogP contribution >= 0.6 is 0 Å². The van der Waals surface area contributed by atoms with Crippen molar-refractivity contribution in [3.63, 3.8) is 0 Å². The highest BCUT2D eigenvalue weighted by atomic mass is 32.2. The molecule has 0 aliphatic carbocycles. The van der Waals surface area contributed by atoms with Gasteiger partial charge in [0.1, 0.15) is 0 Å². The fourth-order valence-corrected chi connectivity index (χ4v) is 4.41.